The number of pyridine rings is 2. The second-order valence-corrected chi connectivity index (χ2v) is 12.8. The van der Waals surface area contributed by atoms with E-state index in [4.69, 9.17) is 14.5 Å². The molecule has 1 N–H and O–H groups in total. The molecule has 0 saturated carbocycles. The summed E-state index contributed by atoms with van der Waals surface area (Å²) in [4.78, 5) is 39.3. The number of ether oxygens (including phenoxy) is 2. The summed E-state index contributed by atoms with van der Waals surface area (Å²) >= 11 is 3.40. The maximum Gasteiger partial charge on any atom is 0.307 e. The SMILES string of the molecule is CCOC(=O)CCN1CCN(c2ccc(Oc3cc(CN4CCC(CNC(C)=O)CC4)cc(-c4cc(F)cc(Br)c4)n3)cn2)CC1. The van der Waals surface area contributed by atoms with Gasteiger partial charge in [-0.1, -0.05) is 15.9 Å². The van der Waals surface area contributed by atoms with Crippen LogP contribution in [0.2, 0.25) is 0 Å². The molecular weight excluding hydrogens is 655 g/mol. The van der Waals surface area contributed by atoms with E-state index in [1.807, 2.05) is 37.3 Å². The molecule has 2 saturated heterocycles. The van der Waals surface area contributed by atoms with E-state index in [0.29, 0.717) is 59.4 Å². The zero-order valence-corrected chi connectivity index (χ0v) is 28.1. The fourth-order valence-electron chi connectivity index (χ4n) is 5.87. The van der Waals surface area contributed by atoms with Gasteiger partial charge in [0.05, 0.1) is 24.9 Å². The summed E-state index contributed by atoms with van der Waals surface area (Å²) in [6.07, 6.45) is 4.14. The summed E-state index contributed by atoms with van der Waals surface area (Å²) < 4.78 is 26.2. The molecule has 0 spiro atoms. The van der Waals surface area contributed by atoms with Gasteiger partial charge in [-0.3, -0.25) is 19.4 Å². The molecule has 3 aromatic rings. The molecule has 5 rings (SSSR count). The highest BCUT2D eigenvalue weighted by Gasteiger charge is 2.21. The molecule has 4 heterocycles. The quantitative estimate of drug-likeness (QED) is 0.254. The number of anilines is 1. The first-order chi connectivity index (χ1) is 22.2. The average molecular weight is 698 g/mol. The molecule has 46 heavy (non-hydrogen) atoms. The fraction of sp³-hybridized carbons (Fsp3) is 0.471. The summed E-state index contributed by atoms with van der Waals surface area (Å²) in [5.41, 5.74) is 2.30. The number of hydrogen-bond donors (Lipinski definition) is 1. The topological polar surface area (TPSA) is 100 Å². The molecule has 2 aliphatic rings. The maximum atomic E-state index is 14.3. The van der Waals surface area contributed by atoms with Crippen LogP contribution in [-0.2, 0) is 20.9 Å². The third-order valence-corrected chi connectivity index (χ3v) is 8.81. The van der Waals surface area contributed by atoms with Crippen molar-refractivity contribution < 1.29 is 23.5 Å². The molecule has 1 amide bonds. The highest BCUT2D eigenvalue weighted by molar-refractivity contribution is 9.10. The van der Waals surface area contributed by atoms with Crippen LogP contribution in [0.25, 0.3) is 11.3 Å². The minimum Gasteiger partial charge on any atom is -0.466 e. The van der Waals surface area contributed by atoms with Gasteiger partial charge in [-0.05, 0) is 80.7 Å². The minimum absolute atomic E-state index is 0.00958. The lowest BCUT2D eigenvalue weighted by Gasteiger charge is -2.35. The highest BCUT2D eigenvalue weighted by atomic mass is 79.9. The number of hydrogen-bond acceptors (Lipinski definition) is 9. The molecule has 2 aliphatic heterocycles. The number of benzene rings is 1. The van der Waals surface area contributed by atoms with Gasteiger partial charge >= 0.3 is 5.97 Å². The average Bonchev–Trinajstić information content (AvgIpc) is 3.04. The van der Waals surface area contributed by atoms with E-state index in [1.54, 1.807) is 13.1 Å². The third kappa shape index (κ3) is 9.94. The monoisotopic (exact) mass is 696 g/mol. The van der Waals surface area contributed by atoms with Crippen molar-refractivity contribution in [2.45, 2.75) is 39.7 Å². The van der Waals surface area contributed by atoms with Crippen molar-refractivity contribution in [2.24, 2.45) is 5.92 Å². The first kappa shape index (κ1) is 33.7. The van der Waals surface area contributed by atoms with Gasteiger partial charge in [-0.2, -0.15) is 0 Å². The predicted octanol–water partition coefficient (Wildman–Crippen LogP) is 5.26. The number of amides is 1. The van der Waals surface area contributed by atoms with E-state index >= 15 is 0 Å². The van der Waals surface area contributed by atoms with E-state index in [0.717, 1.165) is 70.0 Å². The van der Waals surface area contributed by atoms with Crippen molar-refractivity contribution in [1.82, 2.24) is 25.1 Å². The molecule has 12 heteroatoms. The summed E-state index contributed by atoms with van der Waals surface area (Å²) in [6, 6.07) is 12.5. The maximum absolute atomic E-state index is 14.3. The fourth-order valence-corrected chi connectivity index (χ4v) is 6.34. The second-order valence-electron chi connectivity index (χ2n) is 11.9. The number of nitrogens with one attached hydrogen (secondary N) is 1. The van der Waals surface area contributed by atoms with Crippen LogP contribution in [0.1, 0.15) is 38.7 Å². The number of likely N-dealkylation sites (tertiary alicyclic amines) is 1. The molecule has 0 radical (unpaired) electrons. The molecule has 246 valence electrons. The number of aromatic nitrogens is 2. The lowest BCUT2D eigenvalue weighted by Crippen LogP contribution is -2.47. The van der Waals surface area contributed by atoms with Gasteiger partial charge in [-0.15, -0.1) is 0 Å². The Morgan fingerprint density at radius 2 is 1.80 bits per heavy atom. The summed E-state index contributed by atoms with van der Waals surface area (Å²) in [7, 11) is 0. The lowest BCUT2D eigenvalue weighted by molar-refractivity contribution is -0.143. The van der Waals surface area contributed by atoms with Crippen LogP contribution in [0.15, 0.2) is 53.1 Å². The van der Waals surface area contributed by atoms with Crippen LogP contribution in [-0.4, -0.2) is 90.6 Å². The Bertz CT molecular complexity index is 1460. The van der Waals surface area contributed by atoms with E-state index in [2.05, 4.69) is 40.9 Å². The van der Waals surface area contributed by atoms with Gasteiger partial charge in [0.25, 0.3) is 0 Å². The van der Waals surface area contributed by atoms with Gasteiger partial charge in [-0.25, -0.2) is 14.4 Å². The standard InChI is InChI=1S/C34H42BrFN6O4/c1-3-45-34(44)8-11-40-12-14-42(15-13-40)32-5-4-30(22-38-32)46-33-17-26(16-31(39-33)27-18-28(35)20-29(36)19-27)23-41-9-6-25(7-10-41)21-37-24(2)43/h4-5,16-20,22,25H,3,6-15,21,23H2,1-2H3,(H,37,43). The summed E-state index contributed by atoms with van der Waals surface area (Å²) in [6.45, 7) is 11.1. The lowest BCUT2D eigenvalue weighted by atomic mass is 9.96. The third-order valence-electron chi connectivity index (χ3n) is 8.35. The van der Waals surface area contributed by atoms with Gasteiger partial charge in [0.1, 0.15) is 17.4 Å². The van der Waals surface area contributed by atoms with Crippen molar-refractivity contribution in [3.8, 4) is 22.9 Å². The van der Waals surface area contributed by atoms with Crippen molar-refractivity contribution >= 4 is 33.6 Å². The molecular formula is C34H42BrFN6O4. The molecule has 2 fully saturated rings. The van der Waals surface area contributed by atoms with Crippen molar-refractivity contribution in [1.29, 1.82) is 0 Å². The first-order valence-electron chi connectivity index (χ1n) is 15.9. The Balaban J connectivity index is 1.24. The number of piperazine rings is 1. The molecule has 0 unspecified atom stereocenters. The van der Waals surface area contributed by atoms with Crippen LogP contribution in [0.5, 0.6) is 11.6 Å². The minimum atomic E-state index is -0.347. The number of nitrogens with zero attached hydrogens (tertiary/aromatic N) is 5. The molecule has 10 nitrogen and oxygen atoms in total. The number of esters is 1. The molecule has 2 aromatic heterocycles. The Labute approximate surface area is 278 Å². The number of piperidine rings is 1. The first-order valence-corrected chi connectivity index (χ1v) is 16.7. The van der Waals surface area contributed by atoms with E-state index < -0.39 is 0 Å². The molecule has 1 aromatic carbocycles. The van der Waals surface area contributed by atoms with E-state index in [9.17, 15) is 14.0 Å². The van der Waals surface area contributed by atoms with Crippen molar-refractivity contribution in [2.75, 3.05) is 63.9 Å². The Hall–Kier alpha value is -3.61. The molecule has 0 bridgehead atoms. The van der Waals surface area contributed by atoms with Gasteiger partial charge < -0.3 is 19.7 Å². The number of carbonyl (C=O) groups excluding carboxylic acids is 2. The number of carbonyl (C=O) groups is 2. The highest BCUT2D eigenvalue weighted by Crippen LogP contribution is 2.30. The second kappa shape index (κ2) is 16.3. The van der Waals surface area contributed by atoms with E-state index in [-0.39, 0.29) is 17.7 Å². The zero-order chi connectivity index (χ0) is 32.5. The van der Waals surface area contributed by atoms with E-state index in [1.165, 1.54) is 12.1 Å². The smallest absolute Gasteiger partial charge is 0.307 e. The normalized spacial score (nSPS) is 16.3. The summed E-state index contributed by atoms with van der Waals surface area (Å²) in [5, 5.41) is 2.94. The number of rotatable bonds is 12. The van der Waals surface area contributed by atoms with Crippen LogP contribution >= 0.6 is 15.9 Å². The Morgan fingerprint density at radius 3 is 2.48 bits per heavy atom. The number of halogens is 2. The van der Waals surface area contributed by atoms with Crippen molar-refractivity contribution in [3.63, 3.8) is 0 Å². The zero-order valence-electron chi connectivity index (χ0n) is 26.5. The molecule has 0 aliphatic carbocycles. The Morgan fingerprint density at radius 1 is 1.02 bits per heavy atom. The van der Waals surface area contributed by atoms with Crippen LogP contribution in [0.4, 0.5) is 10.2 Å². The van der Waals surface area contributed by atoms with Crippen molar-refractivity contribution in [3.05, 3.63) is 64.5 Å². The Kier molecular flexibility index (Phi) is 11.9. The van der Waals surface area contributed by atoms with Gasteiger partial charge in [0.2, 0.25) is 11.8 Å². The van der Waals surface area contributed by atoms with Gasteiger partial charge in [0, 0.05) is 68.8 Å². The van der Waals surface area contributed by atoms with Crippen LogP contribution < -0.4 is 15.0 Å². The van der Waals surface area contributed by atoms with Gasteiger partial charge in [0.15, 0.2) is 0 Å². The van der Waals surface area contributed by atoms with Crippen LogP contribution in [0, 0.1) is 11.7 Å². The summed E-state index contributed by atoms with van der Waals surface area (Å²) in [5.74, 6) is 1.83. The largest absolute Gasteiger partial charge is 0.466 e. The molecule has 0 atom stereocenters. The predicted molar refractivity (Wildman–Crippen MR) is 178 cm³/mol. The van der Waals surface area contributed by atoms with Crippen LogP contribution in [0.3, 0.4) is 0 Å².